The van der Waals surface area contributed by atoms with Crippen molar-refractivity contribution in [3.05, 3.63) is 89.7 Å². The van der Waals surface area contributed by atoms with Crippen molar-refractivity contribution in [2.45, 2.75) is 37.7 Å². The number of aryl methyl sites for hydroxylation is 2. The maximum atomic E-state index is 12.8. The molecule has 0 aliphatic rings. The summed E-state index contributed by atoms with van der Waals surface area (Å²) in [6.45, 7) is 6.48. The third-order valence-corrected chi connectivity index (χ3v) is 6.15. The van der Waals surface area contributed by atoms with Crippen LogP contribution < -0.4 is 5.32 Å². The van der Waals surface area contributed by atoms with Crippen molar-refractivity contribution in [1.29, 1.82) is 0 Å². The van der Waals surface area contributed by atoms with Gasteiger partial charge in [-0.2, -0.15) is 0 Å². The fourth-order valence-corrected chi connectivity index (χ4v) is 4.10. The largest absolute Gasteiger partial charge is 0.351 e. The molecular weight excluding hydrogens is 418 g/mol. The first-order valence-electron chi connectivity index (χ1n) is 10.4. The van der Waals surface area contributed by atoms with Crippen LogP contribution in [0, 0.1) is 13.8 Å². The van der Waals surface area contributed by atoms with E-state index in [1.54, 1.807) is 12.4 Å². The van der Waals surface area contributed by atoms with Crippen LogP contribution in [0.3, 0.4) is 0 Å². The van der Waals surface area contributed by atoms with E-state index in [0.29, 0.717) is 17.5 Å². The Bertz CT molecular complexity index is 1190. The molecule has 2 aromatic carbocycles. The topological polar surface area (TPSA) is 72.7 Å². The zero-order valence-electron chi connectivity index (χ0n) is 18.3. The summed E-state index contributed by atoms with van der Waals surface area (Å²) in [5, 5.41) is 12.2. The van der Waals surface area contributed by atoms with Gasteiger partial charge in [0.25, 0.3) is 0 Å². The maximum Gasteiger partial charge on any atom is 0.233 e. The minimum absolute atomic E-state index is 0.0421. The zero-order chi connectivity index (χ0) is 22.5. The summed E-state index contributed by atoms with van der Waals surface area (Å²) in [5.41, 5.74) is 5.30. The first-order chi connectivity index (χ1) is 15.5. The number of amides is 1. The van der Waals surface area contributed by atoms with Gasteiger partial charge < -0.3 is 5.32 Å². The van der Waals surface area contributed by atoms with Gasteiger partial charge in [0.05, 0.1) is 5.25 Å². The third kappa shape index (κ3) is 5.06. The highest BCUT2D eigenvalue weighted by Gasteiger charge is 2.21. The van der Waals surface area contributed by atoms with E-state index < -0.39 is 0 Å². The number of hydrogen-bond acceptors (Lipinski definition) is 5. The van der Waals surface area contributed by atoms with Crippen LogP contribution in [-0.4, -0.2) is 30.9 Å². The number of rotatable bonds is 7. The van der Waals surface area contributed by atoms with Crippen LogP contribution >= 0.6 is 11.8 Å². The van der Waals surface area contributed by atoms with Crippen molar-refractivity contribution in [3.8, 4) is 17.1 Å². The van der Waals surface area contributed by atoms with Gasteiger partial charge in [0.15, 0.2) is 11.0 Å². The van der Waals surface area contributed by atoms with E-state index in [2.05, 4.69) is 39.6 Å². The zero-order valence-corrected chi connectivity index (χ0v) is 19.1. The monoisotopic (exact) mass is 443 g/mol. The highest BCUT2D eigenvalue weighted by molar-refractivity contribution is 8.00. The van der Waals surface area contributed by atoms with E-state index >= 15 is 0 Å². The lowest BCUT2D eigenvalue weighted by Crippen LogP contribution is -2.30. The Balaban J connectivity index is 1.56. The van der Waals surface area contributed by atoms with Gasteiger partial charge in [-0.25, -0.2) is 0 Å². The predicted octanol–water partition coefficient (Wildman–Crippen LogP) is 4.74. The molecule has 1 atom stereocenters. The Morgan fingerprint density at radius 2 is 1.56 bits per heavy atom. The van der Waals surface area contributed by atoms with Gasteiger partial charge in [0.1, 0.15) is 0 Å². The fraction of sp³-hybridized carbons (Fsp3) is 0.200. The molecule has 0 bridgehead atoms. The van der Waals surface area contributed by atoms with Crippen LogP contribution in [0.5, 0.6) is 0 Å². The molecule has 6 nitrogen and oxygen atoms in total. The summed E-state index contributed by atoms with van der Waals surface area (Å²) in [6.07, 6.45) is 3.47. The fourth-order valence-electron chi connectivity index (χ4n) is 3.21. The van der Waals surface area contributed by atoms with Gasteiger partial charge >= 0.3 is 0 Å². The average Bonchev–Trinajstić information content (AvgIpc) is 3.23. The van der Waals surface area contributed by atoms with Gasteiger partial charge in [-0.15, -0.1) is 10.2 Å². The van der Waals surface area contributed by atoms with Crippen LogP contribution in [0.1, 0.15) is 23.6 Å². The van der Waals surface area contributed by atoms with Crippen molar-refractivity contribution in [2.24, 2.45) is 0 Å². The summed E-state index contributed by atoms with van der Waals surface area (Å²) in [6, 6.07) is 20.1. The van der Waals surface area contributed by atoms with Crippen LogP contribution in [0.2, 0.25) is 0 Å². The minimum Gasteiger partial charge on any atom is -0.351 e. The second kappa shape index (κ2) is 9.78. The predicted molar refractivity (Wildman–Crippen MR) is 128 cm³/mol. The lowest BCUT2D eigenvalue weighted by molar-refractivity contribution is -0.120. The summed E-state index contributed by atoms with van der Waals surface area (Å²) in [4.78, 5) is 16.9. The van der Waals surface area contributed by atoms with Gasteiger partial charge in [-0.05, 0) is 50.6 Å². The summed E-state index contributed by atoms with van der Waals surface area (Å²) in [5.74, 6) is 0.672. The first kappa shape index (κ1) is 21.8. The highest BCUT2D eigenvalue weighted by Crippen LogP contribution is 2.30. The molecule has 2 heterocycles. The van der Waals surface area contributed by atoms with Crippen LogP contribution in [0.4, 0.5) is 0 Å². The van der Waals surface area contributed by atoms with Crippen molar-refractivity contribution in [1.82, 2.24) is 25.1 Å². The number of thioether (sulfide) groups is 1. The first-order valence-corrected chi connectivity index (χ1v) is 11.3. The van der Waals surface area contributed by atoms with E-state index in [9.17, 15) is 4.79 Å². The molecule has 1 N–H and O–H groups in total. The molecule has 0 spiro atoms. The lowest BCUT2D eigenvalue weighted by atomic mass is 10.1. The number of carbonyl (C=O) groups is 1. The van der Waals surface area contributed by atoms with Crippen molar-refractivity contribution in [3.63, 3.8) is 0 Å². The lowest BCUT2D eigenvalue weighted by Gasteiger charge is -2.14. The summed E-state index contributed by atoms with van der Waals surface area (Å²) in [7, 11) is 0. The summed E-state index contributed by atoms with van der Waals surface area (Å²) >= 11 is 1.39. The maximum absolute atomic E-state index is 12.8. The molecule has 4 aromatic rings. The number of aromatic nitrogens is 4. The molecule has 0 saturated heterocycles. The van der Waals surface area contributed by atoms with E-state index in [1.165, 1.54) is 22.9 Å². The molecular formula is C25H25N5OS. The van der Waals surface area contributed by atoms with Gasteiger partial charge in [-0.1, -0.05) is 59.3 Å². The molecule has 4 rings (SSSR count). The Hall–Kier alpha value is -3.45. The third-order valence-electron chi connectivity index (χ3n) is 5.10. The molecule has 1 unspecified atom stereocenters. The molecule has 0 aliphatic heterocycles. The van der Waals surface area contributed by atoms with E-state index in [4.69, 9.17) is 0 Å². The smallest absolute Gasteiger partial charge is 0.233 e. The molecule has 32 heavy (non-hydrogen) atoms. The van der Waals surface area contributed by atoms with Gasteiger partial charge in [0.2, 0.25) is 5.91 Å². The Morgan fingerprint density at radius 3 is 2.22 bits per heavy atom. The number of benzene rings is 2. The van der Waals surface area contributed by atoms with Crippen molar-refractivity contribution in [2.75, 3.05) is 0 Å². The van der Waals surface area contributed by atoms with E-state index in [0.717, 1.165) is 16.8 Å². The normalized spacial score (nSPS) is 11.8. The van der Waals surface area contributed by atoms with Gasteiger partial charge in [-0.3, -0.25) is 14.3 Å². The molecule has 7 heteroatoms. The number of pyridine rings is 1. The Kier molecular flexibility index (Phi) is 6.66. The molecule has 1 amide bonds. The van der Waals surface area contributed by atoms with E-state index in [-0.39, 0.29) is 11.2 Å². The Labute approximate surface area is 192 Å². The number of hydrogen-bond donors (Lipinski definition) is 1. The average molecular weight is 444 g/mol. The SMILES string of the molecule is Cc1ccc(CNC(=O)C(C)Sc2nnc(-c3ccncc3)n2-c2ccc(C)cc2)cc1. The van der Waals surface area contributed by atoms with Gasteiger partial charge in [0, 0.05) is 30.2 Å². The molecule has 0 radical (unpaired) electrons. The summed E-state index contributed by atoms with van der Waals surface area (Å²) < 4.78 is 1.99. The molecule has 0 aliphatic carbocycles. The quantitative estimate of drug-likeness (QED) is 0.418. The van der Waals surface area contributed by atoms with Crippen molar-refractivity contribution < 1.29 is 4.79 Å². The molecule has 0 saturated carbocycles. The Morgan fingerprint density at radius 1 is 0.938 bits per heavy atom. The second-order valence-corrected chi connectivity index (χ2v) is 8.98. The highest BCUT2D eigenvalue weighted by atomic mass is 32.2. The van der Waals surface area contributed by atoms with Crippen LogP contribution in [0.15, 0.2) is 78.2 Å². The standard InChI is InChI=1S/C25H25N5OS/c1-17-4-8-20(9-5-17)16-27-24(31)19(3)32-25-29-28-23(21-12-14-26-15-13-21)30(25)22-10-6-18(2)7-11-22/h4-15,19H,16H2,1-3H3,(H,27,31). The van der Waals surface area contributed by atoms with Crippen LogP contribution in [0.25, 0.3) is 17.1 Å². The van der Waals surface area contributed by atoms with Crippen LogP contribution in [-0.2, 0) is 11.3 Å². The van der Waals surface area contributed by atoms with E-state index in [1.807, 2.05) is 66.9 Å². The minimum atomic E-state index is -0.334. The molecule has 162 valence electrons. The number of nitrogens with zero attached hydrogens (tertiary/aromatic N) is 4. The number of nitrogens with one attached hydrogen (secondary N) is 1. The number of carbonyl (C=O) groups excluding carboxylic acids is 1. The molecule has 0 fully saturated rings. The molecule has 2 aromatic heterocycles. The second-order valence-electron chi connectivity index (χ2n) is 7.68. The van der Waals surface area contributed by atoms with Crippen molar-refractivity contribution >= 4 is 17.7 Å².